The van der Waals surface area contributed by atoms with Crippen LogP contribution in [-0.4, -0.2) is 45.2 Å². The Morgan fingerprint density at radius 2 is 2.00 bits per heavy atom. The average Bonchev–Trinajstić information content (AvgIpc) is 3.24. The number of ether oxygens (including phenoxy) is 1. The molecule has 3 aliphatic heterocycles. The standard InChI is InChI=1S/C19H21N3O3/c23-18-14-4-1-2-5-15(14)20-17-10-12-7-8-13(11-21(17)18)22(12)19(24)16-6-3-9-25-16/h1-2,4-5,12-13,16H,3,6-11H2. The van der Waals surface area contributed by atoms with Crippen molar-refractivity contribution in [2.45, 2.75) is 56.8 Å². The molecule has 6 heteroatoms. The SMILES string of the molecule is O=C(C1CCCO1)N1C2CCC1Cn1c(nc3ccccc3c1=O)C2. The maximum atomic E-state index is 13.0. The van der Waals surface area contributed by atoms with Crippen molar-refractivity contribution in [2.75, 3.05) is 6.61 Å². The number of carbonyl (C=O) groups is 1. The minimum absolute atomic E-state index is 0.0117. The van der Waals surface area contributed by atoms with Gasteiger partial charge in [-0.3, -0.25) is 14.2 Å². The van der Waals surface area contributed by atoms with Crippen molar-refractivity contribution in [3.05, 3.63) is 40.4 Å². The fourth-order valence-corrected chi connectivity index (χ4v) is 4.62. The van der Waals surface area contributed by atoms with E-state index in [-0.39, 0.29) is 29.7 Å². The molecule has 130 valence electrons. The van der Waals surface area contributed by atoms with Gasteiger partial charge in [-0.15, -0.1) is 0 Å². The summed E-state index contributed by atoms with van der Waals surface area (Å²) >= 11 is 0. The molecule has 3 atom stereocenters. The molecule has 3 aliphatic rings. The number of carbonyl (C=O) groups excluding carboxylic acids is 1. The van der Waals surface area contributed by atoms with Gasteiger partial charge in [-0.1, -0.05) is 12.1 Å². The Hall–Kier alpha value is -2.21. The molecule has 0 N–H and O–H groups in total. The van der Waals surface area contributed by atoms with Gasteiger partial charge < -0.3 is 9.64 Å². The third-order valence-electron chi connectivity index (χ3n) is 5.83. The normalized spacial score (nSPS) is 28.2. The van der Waals surface area contributed by atoms with E-state index in [4.69, 9.17) is 9.72 Å². The molecule has 4 heterocycles. The van der Waals surface area contributed by atoms with Gasteiger partial charge in [0.05, 0.1) is 16.9 Å². The van der Waals surface area contributed by atoms with Crippen LogP contribution in [0.1, 0.15) is 31.5 Å². The van der Waals surface area contributed by atoms with Gasteiger partial charge in [0.15, 0.2) is 0 Å². The lowest BCUT2D eigenvalue weighted by Gasteiger charge is -2.30. The molecule has 2 aromatic rings. The van der Waals surface area contributed by atoms with Gasteiger partial charge in [-0.25, -0.2) is 4.98 Å². The first-order chi connectivity index (χ1) is 12.2. The zero-order chi connectivity index (χ0) is 17.0. The Morgan fingerprint density at radius 1 is 1.16 bits per heavy atom. The number of benzene rings is 1. The van der Waals surface area contributed by atoms with Crippen LogP contribution in [0.5, 0.6) is 0 Å². The number of hydrogen-bond acceptors (Lipinski definition) is 4. The Labute approximate surface area is 145 Å². The van der Waals surface area contributed by atoms with Crippen molar-refractivity contribution in [3.8, 4) is 0 Å². The summed E-state index contributed by atoms with van der Waals surface area (Å²) in [5.74, 6) is 0.913. The zero-order valence-corrected chi connectivity index (χ0v) is 14.1. The minimum atomic E-state index is -0.298. The smallest absolute Gasteiger partial charge is 0.261 e. The zero-order valence-electron chi connectivity index (χ0n) is 14.1. The Bertz CT molecular complexity index is 900. The molecule has 0 radical (unpaired) electrons. The van der Waals surface area contributed by atoms with Crippen LogP contribution in [0.15, 0.2) is 29.1 Å². The van der Waals surface area contributed by atoms with Gasteiger partial charge in [0, 0.05) is 25.6 Å². The summed E-state index contributed by atoms with van der Waals surface area (Å²) in [5, 5.41) is 0.654. The van der Waals surface area contributed by atoms with E-state index in [0.29, 0.717) is 25.0 Å². The molecule has 0 aliphatic carbocycles. The minimum Gasteiger partial charge on any atom is -0.368 e. The number of aromatic nitrogens is 2. The summed E-state index contributed by atoms with van der Waals surface area (Å²) in [6.07, 6.45) is 4.03. The Kier molecular flexibility index (Phi) is 3.41. The molecule has 3 unspecified atom stereocenters. The molecular formula is C19H21N3O3. The van der Waals surface area contributed by atoms with E-state index in [0.717, 1.165) is 37.0 Å². The molecule has 2 bridgehead atoms. The van der Waals surface area contributed by atoms with E-state index < -0.39 is 0 Å². The van der Waals surface area contributed by atoms with E-state index in [1.807, 2.05) is 29.2 Å². The van der Waals surface area contributed by atoms with Gasteiger partial charge >= 0.3 is 0 Å². The summed E-state index contributed by atoms with van der Waals surface area (Å²) in [6, 6.07) is 7.69. The second-order valence-corrected chi connectivity index (χ2v) is 7.30. The third-order valence-corrected chi connectivity index (χ3v) is 5.83. The van der Waals surface area contributed by atoms with Crippen LogP contribution in [0.25, 0.3) is 10.9 Å². The lowest BCUT2D eigenvalue weighted by molar-refractivity contribution is -0.144. The molecule has 0 saturated carbocycles. The van der Waals surface area contributed by atoms with Crippen LogP contribution in [-0.2, 0) is 22.5 Å². The summed E-state index contributed by atoms with van der Waals surface area (Å²) < 4.78 is 7.42. The molecule has 2 fully saturated rings. The second kappa shape index (κ2) is 5.66. The maximum absolute atomic E-state index is 13.0. The van der Waals surface area contributed by atoms with Crippen molar-refractivity contribution < 1.29 is 9.53 Å². The highest BCUT2D eigenvalue weighted by atomic mass is 16.5. The van der Waals surface area contributed by atoms with Crippen LogP contribution >= 0.6 is 0 Å². The highest BCUT2D eigenvalue weighted by molar-refractivity contribution is 5.82. The highest BCUT2D eigenvalue weighted by Crippen LogP contribution is 2.32. The van der Waals surface area contributed by atoms with Crippen molar-refractivity contribution >= 4 is 16.8 Å². The van der Waals surface area contributed by atoms with Gasteiger partial charge in [0.1, 0.15) is 11.9 Å². The number of rotatable bonds is 1. The molecule has 6 nitrogen and oxygen atoms in total. The molecule has 0 spiro atoms. The number of amides is 1. The molecule has 1 aromatic carbocycles. The van der Waals surface area contributed by atoms with Gasteiger partial charge in [-0.2, -0.15) is 0 Å². The Morgan fingerprint density at radius 3 is 2.84 bits per heavy atom. The van der Waals surface area contributed by atoms with E-state index in [2.05, 4.69) is 0 Å². The first-order valence-corrected chi connectivity index (χ1v) is 9.14. The summed E-state index contributed by atoms with van der Waals surface area (Å²) in [7, 11) is 0. The summed E-state index contributed by atoms with van der Waals surface area (Å²) in [5.41, 5.74) is 0.756. The number of para-hydroxylation sites is 1. The molecule has 1 amide bonds. The van der Waals surface area contributed by atoms with E-state index in [9.17, 15) is 9.59 Å². The average molecular weight is 339 g/mol. The van der Waals surface area contributed by atoms with E-state index >= 15 is 0 Å². The number of hydrogen-bond donors (Lipinski definition) is 0. The molecule has 2 saturated heterocycles. The number of nitrogens with zero attached hydrogens (tertiary/aromatic N) is 3. The lowest BCUT2D eigenvalue weighted by Crippen LogP contribution is -2.47. The predicted molar refractivity (Wildman–Crippen MR) is 92.3 cm³/mol. The van der Waals surface area contributed by atoms with Crippen molar-refractivity contribution in [3.63, 3.8) is 0 Å². The van der Waals surface area contributed by atoms with E-state index in [1.54, 1.807) is 4.57 Å². The van der Waals surface area contributed by atoms with Crippen LogP contribution in [0.4, 0.5) is 0 Å². The first kappa shape index (κ1) is 15.1. The van der Waals surface area contributed by atoms with Crippen LogP contribution in [0.3, 0.4) is 0 Å². The van der Waals surface area contributed by atoms with Crippen molar-refractivity contribution in [2.24, 2.45) is 0 Å². The van der Waals surface area contributed by atoms with Crippen molar-refractivity contribution in [1.82, 2.24) is 14.5 Å². The summed E-state index contributed by atoms with van der Waals surface area (Å²) in [4.78, 5) is 32.7. The highest BCUT2D eigenvalue weighted by Gasteiger charge is 2.43. The molecule has 25 heavy (non-hydrogen) atoms. The first-order valence-electron chi connectivity index (χ1n) is 9.14. The topological polar surface area (TPSA) is 64.4 Å². The lowest BCUT2D eigenvalue weighted by atomic mass is 10.1. The van der Waals surface area contributed by atoms with E-state index in [1.165, 1.54) is 0 Å². The fraction of sp³-hybridized carbons (Fsp3) is 0.526. The van der Waals surface area contributed by atoms with Gasteiger partial charge in [0.2, 0.25) is 0 Å². The third kappa shape index (κ3) is 2.31. The van der Waals surface area contributed by atoms with Gasteiger partial charge in [0.25, 0.3) is 11.5 Å². The fourth-order valence-electron chi connectivity index (χ4n) is 4.62. The number of fused-ring (bicyclic) bond motifs is 4. The van der Waals surface area contributed by atoms with Crippen LogP contribution < -0.4 is 5.56 Å². The van der Waals surface area contributed by atoms with Gasteiger partial charge in [-0.05, 0) is 37.8 Å². The van der Waals surface area contributed by atoms with Crippen molar-refractivity contribution in [1.29, 1.82) is 0 Å². The molecular weight excluding hydrogens is 318 g/mol. The molecule has 5 rings (SSSR count). The maximum Gasteiger partial charge on any atom is 0.261 e. The second-order valence-electron chi connectivity index (χ2n) is 7.30. The Balaban J connectivity index is 1.56. The monoisotopic (exact) mass is 339 g/mol. The van der Waals surface area contributed by atoms with Crippen LogP contribution in [0, 0.1) is 0 Å². The quantitative estimate of drug-likeness (QED) is 0.790. The largest absolute Gasteiger partial charge is 0.368 e. The molecule has 1 aromatic heterocycles. The van der Waals surface area contributed by atoms with Crippen LogP contribution in [0.2, 0.25) is 0 Å². The predicted octanol–water partition coefficient (Wildman–Crippen LogP) is 1.49. The summed E-state index contributed by atoms with van der Waals surface area (Å²) in [6.45, 7) is 1.22.